The highest BCUT2D eigenvalue weighted by Gasteiger charge is 2.50. The van der Waals surface area contributed by atoms with Gasteiger partial charge in [0.05, 0.1) is 5.60 Å². The van der Waals surface area contributed by atoms with Gasteiger partial charge < -0.3 is 14.7 Å². The second kappa shape index (κ2) is 7.16. The maximum atomic E-state index is 12.8. The first-order chi connectivity index (χ1) is 14.1. The van der Waals surface area contributed by atoms with Crippen LogP contribution in [0.25, 0.3) is 10.8 Å². The predicted octanol–water partition coefficient (Wildman–Crippen LogP) is 4.39. The highest BCUT2D eigenvalue weighted by atomic mass is 16.6. The number of aromatic nitrogens is 1. The molecule has 3 aromatic rings. The number of ether oxygens (including phenoxy) is 1. The molecule has 2 aliphatic rings. The number of carbonyl (C=O) groups is 1. The molecule has 0 radical (unpaired) electrons. The standard InChI is InChI=1S/C24H24N2O3/c27-23(29-16-17-4-2-1-3-5-17)26-21-8-9-22(26)14-24(28,13-21)20-7-6-19-15-25-11-10-18(19)12-20/h1-7,10-12,15,21-22,28H,8-9,13-14,16H2. The summed E-state index contributed by atoms with van der Waals surface area (Å²) in [6.45, 7) is 0.276. The van der Waals surface area contributed by atoms with Crippen LogP contribution in [0.2, 0.25) is 0 Å². The van der Waals surface area contributed by atoms with Crippen LogP contribution in [0, 0.1) is 0 Å². The van der Waals surface area contributed by atoms with E-state index >= 15 is 0 Å². The molecule has 2 atom stereocenters. The van der Waals surface area contributed by atoms with Crippen molar-refractivity contribution in [1.82, 2.24) is 9.88 Å². The third kappa shape index (κ3) is 3.36. The summed E-state index contributed by atoms with van der Waals surface area (Å²) in [6.07, 6.45) is 6.23. The van der Waals surface area contributed by atoms with E-state index in [4.69, 9.17) is 4.74 Å². The number of aliphatic hydroxyl groups is 1. The van der Waals surface area contributed by atoms with Crippen LogP contribution in [0.4, 0.5) is 4.79 Å². The molecule has 29 heavy (non-hydrogen) atoms. The van der Waals surface area contributed by atoms with Crippen molar-refractivity contribution in [2.75, 3.05) is 0 Å². The Balaban J connectivity index is 1.32. The summed E-state index contributed by atoms with van der Waals surface area (Å²) in [5.41, 5.74) is 0.984. The normalized spacial score (nSPS) is 25.9. The number of amides is 1. The Morgan fingerprint density at radius 1 is 1.07 bits per heavy atom. The maximum Gasteiger partial charge on any atom is 0.410 e. The maximum absolute atomic E-state index is 12.8. The van der Waals surface area contributed by atoms with Crippen LogP contribution in [0.15, 0.2) is 67.0 Å². The molecule has 0 aliphatic carbocycles. The van der Waals surface area contributed by atoms with Crippen LogP contribution in [-0.2, 0) is 16.9 Å². The van der Waals surface area contributed by atoms with Crippen molar-refractivity contribution in [2.24, 2.45) is 0 Å². The lowest BCUT2D eigenvalue weighted by Crippen LogP contribution is -2.52. The average molecular weight is 388 g/mol. The minimum atomic E-state index is -0.917. The molecule has 2 bridgehead atoms. The van der Waals surface area contributed by atoms with Crippen LogP contribution < -0.4 is 0 Å². The molecule has 1 aromatic heterocycles. The first kappa shape index (κ1) is 18.1. The number of nitrogens with zero attached hydrogens (tertiary/aromatic N) is 2. The molecule has 2 saturated heterocycles. The number of benzene rings is 2. The van der Waals surface area contributed by atoms with Crippen LogP contribution in [0.1, 0.15) is 36.8 Å². The summed E-state index contributed by atoms with van der Waals surface area (Å²) in [7, 11) is 0. The molecule has 0 saturated carbocycles. The van der Waals surface area contributed by atoms with Crippen molar-refractivity contribution in [3.05, 3.63) is 78.1 Å². The molecule has 0 spiro atoms. The molecule has 2 unspecified atom stereocenters. The first-order valence-electron chi connectivity index (χ1n) is 10.2. The smallest absolute Gasteiger partial charge is 0.410 e. The Bertz CT molecular complexity index is 1020. The molecule has 2 aliphatic heterocycles. The lowest BCUT2D eigenvalue weighted by atomic mass is 9.80. The molecule has 5 heteroatoms. The van der Waals surface area contributed by atoms with Gasteiger partial charge in [0.15, 0.2) is 0 Å². The number of carbonyl (C=O) groups excluding carboxylic acids is 1. The second-order valence-electron chi connectivity index (χ2n) is 8.21. The highest BCUT2D eigenvalue weighted by molar-refractivity contribution is 5.82. The Labute approximate surface area is 169 Å². The third-order valence-corrected chi connectivity index (χ3v) is 6.36. The fourth-order valence-corrected chi connectivity index (χ4v) is 4.93. The van der Waals surface area contributed by atoms with Crippen LogP contribution >= 0.6 is 0 Å². The van der Waals surface area contributed by atoms with E-state index in [1.807, 2.05) is 59.6 Å². The number of hydrogen-bond donors (Lipinski definition) is 1. The third-order valence-electron chi connectivity index (χ3n) is 6.36. The quantitative estimate of drug-likeness (QED) is 0.723. The summed E-state index contributed by atoms with van der Waals surface area (Å²) < 4.78 is 5.58. The zero-order valence-corrected chi connectivity index (χ0v) is 16.2. The van der Waals surface area contributed by atoms with E-state index < -0.39 is 5.60 Å². The Morgan fingerprint density at radius 3 is 2.59 bits per heavy atom. The van der Waals surface area contributed by atoms with Gasteiger partial charge in [0.2, 0.25) is 0 Å². The predicted molar refractivity (Wildman–Crippen MR) is 110 cm³/mol. The van der Waals surface area contributed by atoms with Gasteiger partial charge in [0.25, 0.3) is 0 Å². The van der Waals surface area contributed by atoms with Crippen LogP contribution in [0.3, 0.4) is 0 Å². The van der Waals surface area contributed by atoms with Crippen molar-refractivity contribution in [3.63, 3.8) is 0 Å². The molecule has 5 rings (SSSR count). The van der Waals surface area contributed by atoms with Gasteiger partial charge in [-0.25, -0.2) is 4.79 Å². The molecule has 1 N–H and O–H groups in total. The van der Waals surface area contributed by atoms with Crippen molar-refractivity contribution < 1.29 is 14.6 Å². The number of hydrogen-bond acceptors (Lipinski definition) is 4. The fourth-order valence-electron chi connectivity index (χ4n) is 4.93. The van der Waals surface area contributed by atoms with Crippen molar-refractivity contribution in [3.8, 4) is 0 Å². The van der Waals surface area contributed by atoms with Gasteiger partial charge in [-0.15, -0.1) is 0 Å². The van der Waals surface area contributed by atoms with Gasteiger partial charge in [0, 0.05) is 42.7 Å². The summed E-state index contributed by atoms with van der Waals surface area (Å²) in [5.74, 6) is 0. The number of piperidine rings is 1. The second-order valence-corrected chi connectivity index (χ2v) is 8.21. The Hall–Kier alpha value is -2.92. The number of fused-ring (bicyclic) bond motifs is 3. The topological polar surface area (TPSA) is 62.7 Å². The molecule has 2 aromatic carbocycles. The molecule has 3 heterocycles. The van der Waals surface area contributed by atoms with Gasteiger partial charge in [-0.05, 0) is 41.5 Å². The van der Waals surface area contributed by atoms with E-state index in [1.54, 1.807) is 6.20 Å². The molecule has 148 valence electrons. The number of rotatable bonds is 3. The minimum absolute atomic E-state index is 0.00941. The van der Waals surface area contributed by atoms with Crippen molar-refractivity contribution >= 4 is 16.9 Å². The fraction of sp³-hybridized carbons (Fsp3) is 0.333. The van der Waals surface area contributed by atoms with E-state index in [-0.39, 0.29) is 24.8 Å². The Morgan fingerprint density at radius 2 is 1.83 bits per heavy atom. The largest absolute Gasteiger partial charge is 0.445 e. The monoisotopic (exact) mass is 388 g/mol. The van der Waals surface area contributed by atoms with Gasteiger partial charge in [-0.1, -0.05) is 42.5 Å². The Kier molecular flexibility index (Phi) is 4.47. The van der Waals surface area contributed by atoms with E-state index in [1.165, 1.54) is 0 Å². The SMILES string of the molecule is O=C(OCc1ccccc1)N1C2CCC1CC(O)(c1ccc3cnccc3c1)C2. The lowest BCUT2D eigenvalue weighted by molar-refractivity contribution is -0.0536. The molecular formula is C24H24N2O3. The summed E-state index contributed by atoms with van der Waals surface area (Å²) in [6, 6.07) is 17.8. The highest BCUT2D eigenvalue weighted by Crippen LogP contribution is 2.46. The molecule has 2 fully saturated rings. The van der Waals surface area contributed by atoms with E-state index in [0.717, 1.165) is 34.7 Å². The number of pyridine rings is 1. The molecule has 1 amide bonds. The molecule has 5 nitrogen and oxygen atoms in total. The average Bonchev–Trinajstić information content (AvgIpc) is 3.04. The van der Waals surface area contributed by atoms with E-state index in [0.29, 0.717) is 12.8 Å². The summed E-state index contributed by atoms with van der Waals surface area (Å²) in [5, 5.41) is 13.6. The lowest BCUT2D eigenvalue weighted by Gasteiger charge is -2.43. The van der Waals surface area contributed by atoms with E-state index in [2.05, 4.69) is 11.1 Å². The van der Waals surface area contributed by atoms with Gasteiger partial charge in [0.1, 0.15) is 6.61 Å². The first-order valence-corrected chi connectivity index (χ1v) is 10.2. The summed E-state index contributed by atoms with van der Waals surface area (Å²) in [4.78, 5) is 18.8. The van der Waals surface area contributed by atoms with Crippen molar-refractivity contribution in [1.29, 1.82) is 0 Å². The summed E-state index contributed by atoms with van der Waals surface area (Å²) >= 11 is 0. The van der Waals surface area contributed by atoms with Crippen LogP contribution in [0.5, 0.6) is 0 Å². The van der Waals surface area contributed by atoms with Gasteiger partial charge in [-0.3, -0.25) is 4.98 Å². The van der Waals surface area contributed by atoms with E-state index in [9.17, 15) is 9.90 Å². The van der Waals surface area contributed by atoms with Gasteiger partial charge in [-0.2, -0.15) is 0 Å². The zero-order valence-electron chi connectivity index (χ0n) is 16.2. The van der Waals surface area contributed by atoms with Gasteiger partial charge >= 0.3 is 6.09 Å². The minimum Gasteiger partial charge on any atom is -0.445 e. The van der Waals surface area contributed by atoms with Crippen LogP contribution in [-0.4, -0.2) is 33.2 Å². The zero-order chi connectivity index (χ0) is 19.8. The van der Waals surface area contributed by atoms with Crippen molar-refractivity contribution in [2.45, 2.75) is 50.0 Å². The molecular weight excluding hydrogens is 364 g/mol.